The van der Waals surface area contributed by atoms with Crippen LogP contribution in [0.25, 0.3) is 22.3 Å². The molecule has 0 amide bonds. The molecule has 0 spiro atoms. The van der Waals surface area contributed by atoms with Gasteiger partial charge in [0.05, 0.1) is 19.8 Å². The molecule has 1 saturated heterocycles. The van der Waals surface area contributed by atoms with E-state index in [1.807, 2.05) is 19.9 Å². The highest BCUT2D eigenvalue weighted by Crippen LogP contribution is 2.35. The van der Waals surface area contributed by atoms with Crippen molar-refractivity contribution in [2.75, 3.05) is 19.8 Å². The molecule has 7 heteroatoms. The first-order chi connectivity index (χ1) is 17.9. The highest BCUT2D eigenvalue weighted by Gasteiger charge is 2.28. The maximum atomic E-state index is 15.1. The van der Waals surface area contributed by atoms with Gasteiger partial charge in [-0.3, -0.25) is 0 Å². The summed E-state index contributed by atoms with van der Waals surface area (Å²) in [7, 11) is 0. The van der Waals surface area contributed by atoms with E-state index in [1.54, 1.807) is 0 Å². The van der Waals surface area contributed by atoms with Crippen LogP contribution in [0.15, 0.2) is 60.7 Å². The summed E-state index contributed by atoms with van der Waals surface area (Å²) in [4.78, 5) is 0. The van der Waals surface area contributed by atoms with Crippen LogP contribution in [0, 0.1) is 29.2 Å². The Morgan fingerprint density at radius 3 is 2.00 bits per heavy atom. The van der Waals surface area contributed by atoms with Crippen LogP contribution in [0.5, 0.6) is 5.75 Å². The van der Waals surface area contributed by atoms with Gasteiger partial charge in [-0.05, 0) is 49.4 Å². The van der Waals surface area contributed by atoms with Gasteiger partial charge < -0.3 is 14.2 Å². The number of hydrogen-bond donors (Lipinski definition) is 0. The third kappa shape index (κ3) is 6.05. The molecule has 1 aliphatic rings. The van der Waals surface area contributed by atoms with E-state index < -0.39 is 29.6 Å². The summed E-state index contributed by atoms with van der Waals surface area (Å²) in [5.41, 5.74) is 0.888. The monoisotopic (exact) mass is 514 g/mol. The van der Waals surface area contributed by atoms with E-state index in [4.69, 9.17) is 14.2 Å². The lowest BCUT2D eigenvalue weighted by Crippen LogP contribution is -2.27. The molecule has 3 nitrogen and oxygen atoms in total. The zero-order valence-corrected chi connectivity index (χ0v) is 20.9. The van der Waals surface area contributed by atoms with Crippen LogP contribution in [0.4, 0.5) is 17.6 Å². The summed E-state index contributed by atoms with van der Waals surface area (Å²) in [6.07, 6.45) is 5.57. The number of hydrogen-bond acceptors (Lipinski definition) is 3. The van der Waals surface area contributed by atoms with Gasteiger partial charge in [-0.2, -0.15) is 4.39 Å². The number of ether oxygens (including phenoxy) is 3. The summed E-state index contributed by atoms with van der Waals surface area (Å²) in [5.74, 6) is -4.09. The molecule has 0 aromatic heterocycles. The second-order valence-corrected chi connectivity index (χ2v) is 9.01. The molecule has 1 aliphatic heterocycles. The van der Waals surface area contributed by atoms with Crippen molar-refractivity contribution >= 4 is 0 Å². The van der Waals surface area contributed by atoms with Crippen molar-refractivity contribution in [1.29, 1.82) is 0 Å². The van der Waals surface area contributed by atoms with Gasteiger partial charge in [-0.25, -0.2) is 13.2 Å². The maximum absolute atomic E-state index is 15.1. The first kappa shape index (κ1) is 26.9. The number of allylic oxidation sites excluding steroid dienone is 2. The maximum Gasteiger partial charge on any atom is 0.201 e. The Hall–Kier alpha value is -3.16. The van der Waals surface area contributed by atoms with E-state index in [-0.39, 0.29) is 35.0 Å². The number of rotatable bonds is 9. The van der Waals surface area contributed by atoms with E-state index in [0.29, 0.717) is 30.8 Å². The molecule has 0 radical (unpaired) electrons. The molecule has 3 aromatic rings. The minimum absolute atomic E-state index is 0.00713. The van der Waals surface area contributed by atoms with Crippen molar-refractivity contribution in [3.8, 4) is 28.0 Å². The molecule has 3 aromatic carbocycles. The smallest absolute Gasteiger partial charge is 0.201 e. The predicted octanol–water partition coefficient (Wildman–Crippen LogP) is 8.38. The molecule has 0 N–H and O–H groups in total. The number of benzene rings is 3. The molecular weight excluding hydrogens is 484 g/mol. The van der Waals surface area contributed by atoms with E-state index in [1.165, 1.54) is 48.5 Å². The molecule has 4 rings (SSSR count). The molecule has 1 fully saturated rings. The molecule has 196 valence electrons. The minimum atomic E-state index is -1.06. The lowest BCUT2D eigenvalue weighted by Gasteiger charge is -2.29. The Labute approximate surface area is 214 Å². The van der Waals surface area contributed by atoms with Crippen LogP contribution in [0.1, 0.15) is 45.0 Å². The predicted molar refractivity (Wildman–Crippen MR) is 135 cm³/mol. The largest absolute Gasteiger partial charge is 0.490 e. The van der Waals surface area contributed by atoms with Crippen molar-refractivity contribution in [2.24, 2.45) is 5.92 Å². The van der Waals surface area contributed by atoms with Gasteiger partial charge in [0.25, 0.3) is 0 Å². The van der Waals surface area contributed by atoms with Gasteiger partial charge in [0.15, 0.2) is 29.5 Å². The van der Waals surface area contributed by atoms with Gasteiger partial charge >= 0.3 is 0 Å². The summed E-state index contributed by atoms with van der Waals surface area (Å²) < 4.78 is 75.7. The highest BCUT2D eigenvalue weighted by molar-refractivity contribution is 5.71. The van der Waals surface area contributed by atoms with E-state index >= 15 is 4.39 Å². The molecule has 0 unspecified atom stereocenters. The van der Waals surface area contributed by atoms with E-state index in [2.05, 4.69) is 6.08 Å². The first-order valence-corrected chi connectivity index (χ1v) is 12.5. The van der Waals surface area contributed by atoms with E-state index in [0.717, 1.165) is 12.8 Å². The van der Waals surface area contributed by atoms with Crippen molar-refractivity contribution < 1.29 is 31.8 Å². The normalized spacial score (nSPS) is 17.9. The SMILES string of the molecule is CC=CCCC1COC(c2ccc(-c3ccc(-c4ccc(OCCC)c(F)c4F)cc3)c(F)c2F)OC1. The van der Waals surface area contributed by atoms with Crippen molar-refractivity contribution in [3.05, 3.63) is 89.5 Å². The van der Waals surface area contributed by atoms with E-state index in [9.17, 15) is 13.2 Å². The summed E-state index contributed by atoms with van der Waals surface area (Å²) in [6, 6.07) is 11.9. The fourth-order valence-corrected chi connectivity index (χ4v) is 4.26. The van der Waals surface area contributed by atoms with Crippen molar-refractivity contribution in [1.82, 2.24) is 0 Å². The van der Waals surface area contributed by atoms with Crippen LogP contribution in [0.3, 0.4) is 0 Å². The van der Waals surface area contributed by atoms with Crippen molar-refractivity contribution in [2.45, 2.75) is 39.4 Å². The summed E-state index contributed by atoms with van der Waals surface area (Å²) in [6.45, 7) is 4.93. The molecule has 0 bridgehead atoms. The molecule has 0 atom stereocenters. The average molecular weight is 515 g/mol. The zero-order chi connectivity index (χ0) is 26.4. The quantitative estimate of drug-likeness (QED) is 0.212. The molecule has 1 heterocycles. The Morgan fingerprint density at radius 2 is 1.41 bits per heavy atom. The van der Waals surface area contributed by atoms with Crippen molar-refractivity contribution in [3.63, 3.8) is 0 Å². The summed E-state index contributed by atoms with van der Waals surface area (Å²) >= 11 is 0. The van der Waals surface area contributed by atoms with Gasteiger partial charge in [0.1, 0.15) is 0 Å². The minimum Gasteiger partial charge on any atom is -0.490 e. The fraction of sp³-hybridized carbons (Fsp3) is 0.333. The van der Waals surface area contributed by atoms with Crippen LogP contribution < -0.4 is 4.74 Å². The summed E-state index contributed by atoms with van der Waals surface area (Å²) in [5, 5.41) is 0. The first-order valence-electron chi connectivity index (χ1n) is 12.5. The van der Waals surface area contributed by atoms with Gasteiger partial charge in [-0.15, -0.1) is 0 Å². The standard InChI is InChI=1S/C30H30F4O3/c1-3-5-6-7-19-17-36-30(37-18-19)24-13-12-22(26(31)28(24)33)20-8-10-21(11-9-20)23-14-15-25(35-16-4-2)29(34)27(23)32/h3,5,8-15,19,30H,4,6-7,16-18H2,1-2H3. The average Bonchev–Trinajstić information content (AvgIpc) is 2.92. The van der Waals surface area contributed by atoms with Crippen LogP contribution in [0.2, 0.25) is 0 Å². The Kier molecular flexibility index (Phi) is 9.00. The zero-order valence-electron chi connectivity index (χ0n) is 20.9. The number of halogens is 4. The molecule has 0 aliphatic carbocycles. The lowest BCUT2D eigenvalue weighted by atomic mass is 9.98. The molecule has 37 heavy (non-hydrogen) atoms. The second kappa shape index (κ2) is 12.4. The topological polar surface area (TPSA) is 27.7 Å². The lowest BCUT2D eigenvalue weighted by molar-refractivity contribution is -0.207. The van der Waals surface area contributed by atoms with Gasteiger partial charge in [-0.1, -0.05) is 55.5 Å². The molecule has 0 saturated carbocycles. The Bertz CT molecular complexity index is 1230. The van der Waals surface area contributed by atoms with Gasteiger partial charge in [0, 0.05) is 22.6 Å². The Balaban J connectivity index is 1.49. The molecular formula is C30H30F4O3. The second-order valence-electron chi connectivity index (χ2n) is 9.01. The third-order valence-electron chi connectivity index (χ3n) is 6.33. The fourth-order valence-electron chi connectivity index (χ4n) is 4.26. The van der Waals surface area contributed by atoms with Crippen LogP contribution in [-0.4, -0.2) is 19.8 Å². The van der Waals surface area contributed by atoms with Crippen LogP contribution in [-0.2, 0) is 9.47 Å². The Morgan fingerprint density at radius 1 is 0.811 bits per heavy atom. The third-order valence-corrected chi connectivity index (χ3v) is 6.33. The van der Waals surface area contributed by atoms with Gasteiger partial charge in [0.2, 0.25) is 5.82 Å². The highest BCUT2D eigenvalue weighted by atomic mass is 19.2. The van der Waals surface area contributed by atoms with Crippen LogP contribution >= 0.6 is 0 Å².